The van der Waals surface area contributed by atoms with Crippen molar-refractivity contribution in [3.8, 4) is 0 Å². The van der Waals surface area contributed by atoms with Crippen molar-refractivity contribution in [2.24, 2.45) is 17.8 Å². The molecule has 2 heterocycles. The van der Waals surface area contributed by atoms with Crippen LogP contribution in [0.5, 0.6) is 0 Å². The van der Waals surface area contributed by atoms with Crippen molar-refractivity contribution in [3.63, 3.8) is 0 Å². The SMILES string of the molecule is CS(=O)(=O)N1CCN(c2ccc(N3CCN(C(=O)NC4[C@@H]5CC6C[C@H]4CC(O)(C6)C5)c4ccc(Cl)cc43)cc2)CC1. The number of amides is 2. The van der Waals surface area contributed by atoms with Gasteiger partial charge in [-0.05, 0) is 92.3 Å². The van der Waals surface area contributed by atoms with Crippen LogP contribution in [0.25, 0.3) is 0 Å². The third-order valence-corrected chi connectivity index (χ3v) is 11.6. The molecule has 6 aliphatic rings. The summed E-state index contributed by atoms with van der Waals surface area (Å²) < 4.78 is 25.3. The number of sulfonamides is 1. The molecule has 9 nitrogen and oxygen atoms in total. The van der Waals surface area contributed by atoms with E-state index in [9.17, 15) is 18.3 Å². The van der Waals surface area contributed by atoms with Gasteiger partial charge in [0.2, 0.25) is 10.0 Å². The molecule has 5 fully saturated rings. The molecule has 2 amide bonds. The zero-order valence-corrected chi connectivity index (χ0v) is 24.9. The summed E-state index contributed by atoms with van der Waals surface area (Å²) in [5.41, 5.74) is 3.29. The number of urea groups is 1. The number of nitrogens with one attached hydrogen (secondary N) is 1. The lowest BCUT2D eigenvalue weighted by Crippen LogP contribution is -2.63. The number of anilines is 4. The highest BCUT2D eigenvalue weighted by Gasteiger charge is 2.55. The molecule has 11 heteroatoms. The molecule has 0 aromatic heterocycles. The average Bonchev–Trinajstić information content (AvgIpc) is 2.93. The van der Waals surface area contributed by atoms with Crippen LogP contribution < -0.4 is 20.0 Å². The Morgan fingerprint density at radius 1 is 0.902 bits per heavy atom. The quantitative estimate of drug-likeness (QED) is 0.551. The maximum Gasteiger partial charge on any atom is 0.322 e. The maximum absolute atomic E-state index is 13.7. The fourth-order valence-electron chi connectivity index (χ4n) is 8.42. The van der Waals surface area contributed by atoms with Crippen LogP contribution in [0, 0.1) is 17.8 Å². The number of aliphatic hydroxyl groups is 1. The first-order valence-electron chi connectivity index (χ1n) is 14.7. The number of piperazine rings is 1. The van der Waals surface area contributed by atoms with E-state index < -0.39 is 15.6 Å². The molecule has 4 saturated carbocycles. The molecule has 5 atom stereocenters. The van der Waals surface area contributed by atoms with E-state index in [1.807, 2.05) is 23.1 Å². The lowest BCUT2D eigenvalue weighted by atomic mass is 9.52. The number of nitrogens with zero attached hydrogens (tertiary/aromatic N) is 4. The van der Waals surface area contributed by atoms with E-state index >= 15 is 0 Å². The van der Waals surface area contributed by atoms with Crippen molar-refractivity contribution in [1.29, 1.82) is 0 Å². The summed E-state index contributed by atoms with van der Waals surface area (Å²) in [5.74, 6) is 1.31. The van der Waals surface area contributed by atoms with E-state index in [-0.39, 0.29) is 12.1 Å². The number of halogens is 1. The van der Waals surface area contributed by atoms with Gasteiger partial charge in [-0.25, -0.2) is 13.2 Å². The molecule has 220 valence electrons. The number of hydrogen-bond acceptors (Lipinski definition) is 6. The summed E-state index contributed by atoms with van der Waals surface area (Å²) >= 11 is 6.46. The molecule has 41 heavy (non-hydrogen) atoms. The molecule has 0 radical (unpaired) electrons. The lowest BCUT2D eigenvalue weighted by molar-refractivity contribution is -0.136. The van der Waals surface area contributed by atoms with Gasteiger partial charge in [-0.15, -0.1) is 0 Å². The predicted octanol–water partition coefficient (Wildman–Crippen LogP) is 4.03. The third-order valence-electron chi connectivity index (χ3n) is 10.1. The zero-order chi connectivity index (χ0) is 28.5. The van der Waals surface area contributed by atoms with Crippen LogP contribution in [-0.4, -0.2) is 81.0 Å². The normalized spacial score (nSPS) is 31.3. The number of benzene rings is 2. The van der Waals surface area contributed by atoms with Crippen molar-refractivity contribution in [3.05, 3.63) is 47.5 Å². The predicted molar refractivity (Wildman–Crippen MR) is 162 cm³/mol. The molecule has 8 rings (SSSR count). The number of fused-ring (bicyclic) bond motifs is 1. The second kappa shape index (κ2) is 10.0. The largest absolute Gasteiger partial charge is 0.390 e. The molecule has 2 N–H and O–H groups in total. The summed E-state index contributed by atoms with van der Waals surface area (Å²) in [6.45, 7) is 3.46. The van der Waals surface area contributed by atoms with Gasteiger partial charge in [0.25, 0.3) is 0 Å². The second-order valence-electron chi connectivity index (χ2n) is 12.8. The Balaban J connectivity index is 1.07. The Morgan fingerprint density at radius 3 is 2.20 bits per heavy atom. The van der Waals surface area contributed by atoms with E-state index in [2.05, 4.69) is 39.4 Å². The summed E-state index contributed by atoms with van der Waals surface area (Å²) in [4.78, 5) is 20.0. The van der Waals surface area contributed by atoms with Gasteiger partial charge < -0.3 is 20.2 Å². The molecule has 0 spiro atoms. The summed E-state index contributed by atoms with van der Waals surface area (Å²) in [6.07, 6.45) is 6.00. The van der Waals surface area contributed by atoms with Gasteiger partial charge in [-0.2, -0.15) is 4.31 Å². The monoisotopic (exact) mass is 599 g/mol. The summed E-state index contributed by atoms with van der Waals surface area (Å²) in [5, 5.41) is 15.0. The number of hydrogen-bond donors (Lipinski definition) is 2. The fourth-order valence-corrected chi connectivity index (χ4v) is 9.41. The Bertz CT molecular complexity index is 1430. The molecule has 4 bridgehead atoms. The summed E-state index contributed by atoms with van der Waals surface area (Å²) in [7, 11) is -3.16. The highest BCUT2D eigenvalue weighted by Crippen LogP contribution is 2.55. The van der Waals surface area contributed by atoms with Crippen LogP contribution in [0.15, 0.2) is 42.5 Å². The molecular weight excluding hydrogens is 562 g/mol. The first kappa shape index (κ1) is 27.3. The smallest absolute Gasteiger partial charge is 0.322 e. The average molecular weight is 600 g/mol. The number of carbonyl (C=O) groups is 1. The first-order valence-corrected chi connectivity index (χ1v) is 17.0. The maximum atomic E-state index is 13.7. The van der Waals surface area contributed by atoms with Crippen LogP contribution in [-0.2, 0) is 10.0 Å². The van der Waals surface area contributed by atoms with Crippen molar-refractivity contribution >= 4 is 50.4 Å². The standard InChI is InChI=1S/C30H38ClN5O4S/c1-41(39,40)34-10-8-33(9-11-34)24-3-5-25(6-4-24)35-12-13-36(26-7-2-23(31)16-27(26)35)29(37)32-28-21-14-20-15-22(28)19-30(38,17-20)18-21/h2-7,16,20-22,28,38H,8-15,17-19H2,1H3,(H,32,37)/t20?,21-,22+,28?,30?. The van der Waals surface area contributed by atoms with Gasteiger partial charge in [0.05, 0.1) is 23.2 Å². The second-order valence-corrected chi connectivity index (χ2v) is 15.2. The van der Waals surface area contributed by atoms with E-state index in [1.165, 1.54) is 10.6 Å². The number of carbonyl (C=O) groups excluding carboxylic acids is 1. The molecule has 4 aliphatic carbocycles. The van der Waals surface area contributed by atoms with Crippen LogP contribution in [0.2, 0.25) is 5.02 Å². The van der Waals surface area contributed by atoms with Crippen molar-refractivity contribution in [2.45, 2.75) is 43.7 Å². The Morgan fingerprint density at radius 2 is 1.56 bits per heavy atom. The van der Waals surface area contributed by atoms with Gasteiger partial charge in [0, 0.05) is 61.7 Å². The molecule has 2 aromatic rings. The lowest BCUT2D eigenvalue weighted by Gasteiger charge is -2.58. The topological polar surface area (TPSA) is 96.4 Å². The fraction of sp³-hybridized carbons (Fsp3) is 0.567. The highest BCUT2D eigenvalue weighted by atomic mass is 35.5. The molecule has 1 saturated heterocycles. The van der Waals surface area contributed by atoms with Crippen LogP contribution in [0.1, 0.15) is 32.1 Å². The molecular formula is C30H38ClN5O4S. The van der Waals surface area contributed by atoms with Gasteiger partial charge >= 0.3 is 6.03 Å². The van der Waals surface area contributed by atoms with Gasteiger partial charge in [-0.3, -0.25) is 4.90 Å². The van der Waals surface area contributed by atoms with E-state index in [0.29, 0.717) is 62.0 Å². The highest BCUT2D eigenvalue weighted by molar-refractivity contribution is 7.88. The minimum Gasteiger partial charge on any atom is -0.390 e. The zero-order valence-electron chi connectivity index (χ0n) is 23.4. The Kier molecular flexibility index (Phi) is 6.69. The van der Waals surface area contributed by atoms with Crippen molar-refractivity contribution < 1.29 is 18.3 Å². The van der Waals surface area contributed by atoms with Crippen LogP contribution >= 0.6 is 11.6 Å². The van der Waals surface area contributed by atoms with Crippen LogP contribution in [0.4, 0.5) is 27.5 Å². The molecule has 3 unspecified atom stereocenters. The van der Waals surface area contributed by atoms with Gasteiger partial charge in [-0.1, -0.05) is 11.6 Å². The molecule has 2 aromatic carbocycles. The van der Waals surface area contributed by atoms with Gasteiger partial charge in [0.1, 0.15) is 0 Å². The van der Waals surface area contributed by atoms with Gasteiger partial charge in [0.15, 0.2) is 0 Å². The minimum atomic E-state index is -3.16. The minimum absolute atomic E-state index is 0.0683. The molecule has 2 aliphatic heterocycles. The van der Waals surface area contributed by atoms with Crippen LogP contribution in [0.3, 0.4) is 0 Å². The van der Waals surface area contributed by atoms with Crippen molar-refractivity contribution in [2.75, 3.05) is 60.2 Å². The Hall–Kier alpha value is -2.53. The number of rotatable bonds is 4. The van der Waals surface area contributed by atoms with E-state index in [1.54, 1.807) is 0 Å². The third kappa shape index (κ3) is 5.07. The van der Waals surface area contributed by atoms with Crippen molar-refractivity contribution in [1.82, 2.24) is 9.62 Å². The summed E-state index contributed by atoms with van der Waals surface area (Å²) in [6, 6.07) is 14.1. The Labute approximate surface area is 247 Å². The van der Waals surface area contributed by atoms with E-state index in [4.69, 9.17) is 11.6 Å². The first-order chi connectivity index (χ1) is 19.6. The van der Waals surface area contributed by atoms with E-state index in [0.717, 1.165) is 54.9 Å².